The number of aromatic nitrogens is 3. The smallest absolute Gasteiger partial charge is 0.322 e. The van der Waals surface area contributed by atoms with Crippen LogP contribution in [0.4, 0.5) is 14.6 Å². The molecule has 1 saturated carbocycles. The molecule has 2 aromatic heterocycles. The number of halogens is 2. The van der Waals surface area contributed by atoms with Gasteiger partial charge in [0.1, 0.15) is 23.1 Å². The average Bonchev–Trinajstić information content (AvgIpc) is 2.76. The molecule has 180 valence electrons. The molecule has 1 aliphatic heterocycles. The van der Waals surface area contributed by atoms with Gasteiger partial charge < -0.3 is 20.1 Å². The lowest BCUT2D eigenvalue weighted by atomic mass is 9.87. The van der Waals surface area contributed by atoms with Gasteiger partial charge in [0.2, 0.25) is 0 Å². The summed E-state index contributed by atoms with van der Waals surface area (Å²) in [5.74, 6) is -1.41. The molecular weight excluding hydrogens is 442 g/mol. The number of phenolic OH excluding ortho intramolecular Hbond substituents is 1. The van der Waals surface area contributed by atoms with E-state index in [-0.39, 0.29) is 29.0 Å². The average molecular weight is 471 g/mol. The number of rotatable bonds is 5. The standard InChI is InChI=1S/C24H28F2N6O2/c1-14-13-27-10-11-32(14)22-15-12-17(26)20(19-16(25)6-4-7-18(19)33)28-21(15)29-23(30-22)34-24(31(2)3)8-5-9-24/h4,6-7,12,14,27,33H,5,8-11,13H2,1-3H3/t14-/m1/s1. The van der Waals surface area contributed by atoms with Gasteiger partial charge in [-0.2, -0.15) is 9.97 Å². The summed E-state index contributed by atoms with van der Waals surface area (Å²) in [6, 6.07) is 5.31. The normalized spacial score (nSPS) is 19.9. The molecule has 5 rings (SSSR count). The molecule has 0 amide bonds. The van der Waals surface area contributed by atoms with Crippen molar-refractivity contribution in [1.82, 2.24) is 25.2 Å². The van der Waals surface area contributed by atoms with E-state index in [0.717, 1.165) is 38.4 Å². The number of ether oxygens (including phenoxy) is 1. The van der Waals surface area contributed by atoms with Crippen LogP contribution >= 0.6 is 0 Å². The molecule has 0 spiro atoms. The first-order chi connectivity index (χ1) is 16.3. The molecule has 0 unspecified atom stereocenters. The van der Waals surface area contributed by atoms with Crippen LogP contribution in [0.25, 0.3) is 22.3 Å². The van der Waals surface area contributed by atoms with E-state index in [9.17, 15) is 9.50 Å². The SMILES string of the molecule is C[C@@H]1CNCCN1c1nc(OC2(N(C)C)CCC2)nc2nc(-c3c(O)cccc3F)c(F)cc12. The molecule has 1 aromatic carbocycles. The highest BCUT2D eigenvalue weighted by Gasteiger charge is 2.43. The van der Waals surface area contributed by atoms with Crippen LogP contribution in [0.3, 0.4) is 0 Å². The van der Waals surface area contributed by atoms with Crippen LogP contribution in [0.5, 0.6) is 11.8 Å². The number of hydrogen-bond donors (Lipinski definition) is 2. The van der Waals surface area contributed by atoms with Gasteiger partial charge in [0.25, 0.3) is 0 Å². The van der Waals surface area contributed by atoms with E-state index in [1.54, 1.807) is 0 Å². The molecule has 1 aliphatic carbocycles. The second kappa shape index (κ2) is 8.59. The van der Waals surface area contributed by atoms with Gasteiger partial charge in [0, 0.05) is 38.5 Å². The fourth-order valence-electron chi connectivity index (χ4n) is 4.63. The van der Waals surface area contributed by atoms with Crippen LogP contribution in [0, 0.1) is 11.6 Å². The minimum absolute atomic E-state index is 0.101. The Labute approximate surface area is 196 Å². The zero-order chi connectivity index (χ0) is 24.0. The molecule has 1 saturated heterocycles. The summed E-state index contributed by atoms with van der Waals surface area (Å²) in [6.07, 6.45) is 2.71. The first-order valence-electron chi connectivity index (χ1n) is 11.5. The van der Waals surface area contributed by atoms with Crippen LogP contribution in [0.2, 0.25) is 0 Å². The Kier molecular flexibility index (Phi) is 5.73. The van der Waals surface area contributed by atoms with Crippen molar-refractivity contribution in [3.8, 4) is 23.0 Å². The van der Waals surface area contributed by atoms with Gasteiger partial charge >= 0.3 is 6.01 Å². The van der Waals surface area contributed by atoms with Crippen molar-refractivity contribution in [2.24, 2.45) is 0 Å². The first kappa shape index (κ1) is 22.7. The van der Waals surface area contributed by atoms with Crippen molar-refractivity contribution in [3.63, 3.8) is 0 Å². The molecule has 2 aliphatic rings. The zero-order valence-electron chi connectivity index (χ0n) is 19.5. The van der Waals surface area contributed by atoms with E-state index in [2.05, 4.69) is 27.1 Å². The van der Waals surface area contributed by atoms with Gasteiger partial charge in [-0.25, -0.2) is 13.8 Å². The summed E-state index contributed by atoms with van der Waals surface area (Å²) in [7, 11) is 3.90. The lowest BCUT2D eigenvalue weighted by molar-refractivity contribution is -0.122. The van der Waals surface area contributed by atoms with Gasteiger partial charge in [-0.3, -0.25) is 4.90 Å². The molecule has 0 bridgehead atoms. The monoisotopic (exact) mass is 470 g/mol. The van der Waals surface area contributed by atoms with Crippen LogP contribution < -0.4 is 15.0 Å². The maximum Gasteiger partial charge on any atom is 0.322 e. The number of phenols is 1. The number of fused-ring (bicyclic) bond motifs is 1. The Morgan fingerprint density at radius 2 is 1.97 bits per heavy atom. The molecular formula is C24H28F2N6O2. The van der Waals surface area contributed by atoms with Gasteiger partial charge in [-0.05, 0) is 45.6 Å². The van der Waals surface area contributed by atoms with E-state index in [4.69, 9.17) is 9.72 Å². The van der Waals surface area contributed by atoms with Gasteiger partial charge in [0.05, 0.1) is 10.9 Å². The second-order valence-electron chi connectivity index (χ2n) is 9.20. The van der Waals surface area contributed by atoms with E-state index in [0.29, 0.717) is 17.7 Å². The fourth-order valence-corrected chi connectivity index (χ4v) is 4.63. The fraction of sp³-hybridized carbons (Fsp3) is 0.458. The number of anilines is 1. The molecule has 10 heteroatoms. The number of nitrogens with one attached hydrogen (secondary N) is 1. The molecule has 2 fully saturated rings. The highest BCUT2D eigenvalue weighted by atomic mass is 19.1. The van der Waals surface area contributed by atoms with Crippen molar-refractivity contribution in [2.45, 2.75) is 38.0 Å². The second-order valence-corrected chi connectivity index (χ2v) is 9.20. The number of aromatic hydroxyl groups is 1. The van der Waals surface area contributed by atoms with Crippen LogP contribution in [-0.4, -0.2) is 70.5 Å². The molecule has 1 atom stereocenters. The number of benzene rings is 1. The Bertz CT molecular complexity index is 1210. The van der Waals surface area contributed by atoms with Gasteiger partial charge in [-0.15, -0.1) is 0 Å². The van der Waals surface area contributed by atoms with Crippen LogP contribution in [-0.2, 0) is 0 Å². The first-order valence-corrected chi connectivity index (χ1v) is 11.5. The van der Waals surface area contributed by atoms with Crippen molar-refractivity contribution in [3.05, 3.63) is 35.9 Å². The lowest BCUT2D eigenvalue weighted by Gasteiger charge is -2.45. The number of hydrogen-bond acceptors (Lipinski definition) is 8. The van der Waals surface area contributed by atoms with E-state index in [1.807, 2.05) is 19.0 Å². The number of piperazine rings is 1. The largest absolute Gasteiger partial charge is 0.507 e. The molecule has 3 aromatic rings. The van der Waals surface area contributed by atoms with E-state index < -0.39 is 23.1 Å². The Morgan fingerprint density at radius 3 is 2.62 bits per heavy atom. The Hall–Kier alpha value is -3.11. The molecule has 8 nitrogen and oxygen atoms in total. The summed E-state index contributed by atoms with van der Waals surface area (Å²) < 4.78 is 36.1. The van der Waals surface area contributed by atoms with E-state index in [1.165, 1.54) is 18.2 Å². The summed E-state index contributed by atoms with van der Waals surface area (Å²) in [5, 5.41) is 14.0. The maximum atomic E-state index is 15.3. The predicted octanol–water partition coefficient (Wildman–Crippen LogP) is 3.29. The summed E-state index contributed by atoms with van der Waals surface area (Å²) in [4.78, 5) is 17.7. The third-order valence-electron chi connectivity index (χ3n) is 6.83. The summed E-state index contributed by atoms with van der Waals surface area (Å²) in [5.41, 5.74) is -0.938. The minimum atomic E-state index is -0.770. The summed E-state index contributed by atoms with van der Waals surface area (Å²) >= 11 is 0. The van der Waals surface area contributed by atoms with Crippen LogP contribution in [0.15, 0.2) is 24.3 Å². The minimum Gasteiger partial charge on any atom is -0.507 e. The van der Waals surface area contributed by atoms with Crippen molar-refractivity contribution < 1.29 is 18.6 Å². The number of nitrogens with zero attached hydrogens (tertiary/aromatic N) is 5. The zero-order valence-corrected chi connectivity index (χ0v) is 19.5. The Balaban J connectivity index is 1.70. The molecule has 0 radical (unpaired) electrons. The third kappa shape index (κ3) is 3.80. The summed E-state index contributed by atoms with van der Waals surface area (Å²) in [6.45, 7) is 4.23. The van der Waals surface area contributed by atoms with Gasteiger partial charge in [-0.1, -0.05) is 6.07 Å². The number of pyridine rings is 1. The van der Waals surface area contributed by atoms with Crippen LogP contribution in [0.1, 0.15) is 26.2 Å². The highest BCUT2D eigenvalue weighted by Crippen LogP contribution is 2.39. The van der Waals surface area contributed by atoms with E-state index >= 15 is 4.39 Å². The van der Waals surface area contributed by atoms with Crippen molar-refractivity contribution in [2.75, 3.05) is 38.6 Å². The molecule has 34 heavy (non-hydrogen) atoms. The third-order valence-corrected chi connectivity index (χ3v) is 6.83. The van der Waals surface area contributed by atoms with Gasteiger partial charge in [0.15, 0.2) is 17.2 Å². The van der Waals surface area contributed by atoms with Crippen molar-refractivity contribution >= 4 is 16.9 Å². The quantitative estimate of drug-likeness (QED) is 0.550. The lowest BCUT2D eigenvalue weighted by Crippen LogP contribution is -2.55. The molecule has 3 heterocycles. The predicted molar refractivity (Wildman–Crippen MR) is 125 cm³/mol. The van der Waals surface area contributed by atoms with Crippen molar-refractivity contribution in [1.29, 1.82) is 0 Å². The highest BCUT2D eigenvalue weighted by molar-refractivity contribution is 5.90. The topological polar surface area (TPSA) is 86.6 Å². The Morgan fingerprint density at radius 1 is 1.18 bits per heavy atom. The maximum absolute atomic E-state index is 15.3. The molecule has 2 N–H and O–H groups in total.